The Bertz CT molecular complexity index is 1280. The van der Waals surface area contributed by atoms with E-state index in [0.717, 1.165) is 35.4 Å². The van der Waals surface area contributed by atoms with Crippen molar-refractivity contribution >= 4 is 5.97 Å². The number of halogens is 6. The number of nitrogens with zero attached hydrogens (tertiary/aromatic N) is 1. The van der Waals surface area contributed by atoms with Crippen LogP contribution in [0.5, 0.6) is 0 Å². The van der Waals surface area contributed by atoms with Gasteiger partial charge in [-0.25, -0.2) is 0 Å². The van der Waals surface area contributed by atoms with Gasteiger partial charge in [-0.3, -0.25) is 15.0 Å². The average molecular weight is 591 g/mol. The zero-order valence-electron chi connectivity index (χ0n) is 23.2. The van der Waals surface area contributed by atoms with Crippen LogP contribution in [0.4, 0.5) is 26.3 Å². The van der Waals surface area contributed by atoms with E-state index in [1.54, 1.807) is 12.2 Å². The summed E-state index contributed by atoms with van der Waals surface area (Å²) in [7, 11) is 1.21. The van der Waals surface area contributed by atoms with Gasteiger partial charge in [0.2, 0.25) is 0 Å². The lowest BCUT2D eigenvalue weighted by atomic mass is 9.90. The van der Waals surface area contributed by atoms with Crippen molar-refractivity contribution in [2.24, 2.45) is 0 Å². The van der Waals surface area contributed by atoms with Crippen molar-refractivity contribution < 1.29 is 35.9 Å². The molecule has 0 radical (unpaired) electrons. The van der Waals surface area contributed by atoms with Crippen molar-refractivity contribution in [2.75, 3.05) is 20.2 Å². The van der Waals surface area contributed by atoms with Crippen molar-refractivity contribution in [2.45, 2.75) is 37.4 Å². The van der Waals surface area contributed by atoms with Crippen LogP contribution >= 0.6 is 0 Å². The first-order valence-electron chi connectivity index (χ1n) is 13.0. The van der Waals surface area contributed by atoms with E-state index in [1.165, 1.54) is 31.4 Å². The lowest BCUT2D eigenvalue weighted by Gasteiger charge is -2.38. The van der Waals surface area contributed by atoms with Gasteiger partial charge in [0.25, 0.3) is 0 Å². The average Bonchev–Trinajstić information content (AvgIpc) is 2.95. The predicted molar refractivity (Wildman–Crippen MR) is 150 cm³/mol. The Balaban J connectivity index is 2.21. The predicted octanol–water partition coefficient (Wildman–Crippen LogP) is 7.67. The molecule has 224 valence electrons. The summed E-state index contributed by atoms with van der Waals surface area (Å²) in [5.74, 6) is -0.676. The number of hydrogen-bond donors (Lipinski definition) is 1. The van der Waals surface area contributed by atoms with E-state index in [9.17, 15) is 31.1 Å². The van der Waals surface area contributed by atoms with Crippen LogP contribution in [0, 0.1) is 6.92 Å². The molecule has 0 saturated heterocycles. The van der Waals surface area contributed by atoms with Crippen LogP contribution in [0.25, 0.3) is 0 Å². The van der Waals surface area contributed by atoms with Crippen LogP contribution in [0.3, 0.4) is 0 Å². The molecule has 4 nitrogen and oxygen atoms in total. The van der Waals surface area contributed by atoms with E-state index in [4.69, 9.17) is 4.74 Å². The normalized spacial score (nSPS) is 13.6. The molecule has 0 saturated carbocycles. The monoisotopic (exact) mass is 590 g/mol. The van der Waals surface area contributed by atoms with Gasteiger partial charge in [-0.1, -0.05) is 60.7 Å². The Morgan fingerprint density at radius 2 is 1.29 bits per heavy atom. The molecular weight excluding hydrogens is 558 g/mol. The maximum atomic E-state index is 13.5. The lowest BCUT2D eigenvalue weighted by molar-refractivity contribution is -0.145. The van der Waals surface area contributed by atoms with E-state index in [-0.39, 0.29) is 0 Å². The number of benzene rings is 3. The highest BCUT2D eigenvalue weighted by Crippen LogP contribution is 2.35. The smallest absolute Gasteiger partial charge is 0.416 e. The molecule has 0 aliphatic heterocycles. The summed E-state index contributed by atoms with van der Waals surface area (Å²) in [5, 5.41) is 3.23. The van der Waals surface area contributed by atoms with E-state index >= 15 is 0 Å². The molecule has 42 heavy (non-hydrogen) atoms. The van der Waals surface area contributed by atoms with Gasteiger partial charge in [0, 0.05) is 13.1 Å². The second-order valence-corrected chi connectivity index (χ2v) is 9.67. The number of carbonyl (C=O) groups excluding carboxylic acids is 1. The molecule has 1 unspecified atom stereocenters. The molecule has 1 N–H and O–H groups in total. The standard InChI is InChI=1S/C32H32F6N2O2/c1-5-19-40(20-6-2)29(26-10-8-7-9-21(26)3)28(30(41)42-4)39-27(22-11-15-24(16-12-22)31(33,34)35)23-13-17-25(18-14-23)32(36,37)38/h5-18,27-29,39H,1-2,19-20H2,3-4H3/t28-,29?/m1/s1. The summed E-state index contributed by atoms with van der Waals surface area (Å²) in [6.07, 6.45) is -5.86. The van der Waals surface area contributed by atoms with Crippen molar-refractivity contribution in [3.63, 3.8) is 0 Å². The Hall–Kier alpha value is -3.89. The highest BCUT2D eigenvalue weighted by molar-refractivity contribution is 5.77. The fourth-order valence-corrected chi connectivity index (χ4v) is 4.85. The number of aryl methyl sites for hydroxylation is 1. The first-order chi connectivity index (χ1) is 19.8. The third-order valence-corrected chi connectivity index (χ3v) is 6.89. The molecule has 0 fully saturated rings. The van der Waals surface area contributed by atoms with Crippen molar-refractivity contribution in [1.29, 1.82) is 0 Å². The number of carbonyl (C=O) groups is 1. The molecular formula is C32H32F6N2O2. The number of alkyl halides is 6. The van der Waals surface area contributed by atoms with E-state index in [2.05, 4.69) is 18.5 Å². The van der Waals surface area contributed by atoms with Crippen molar-refractivity contribution in [1.82, 2.24) is 10.2 Å². The molecule has 3 aromatic rings. The van der Waals surface area contributed by atoms with Gasteiger partial charge in [0.05, 0.1) is 30.3 Å². The number of esters is 1. The van der Waals surface area contributed by atoms with Gasteiger partial charge in [-0.15, -0.1) is 13.2 Å². The third kappa shape index (κ3) is 7.89. The second-order valence-electron chi connectivity index (χ2n) is 9.67. The topological polar surface area (TPSA) is 41.6 Å². The minimum atomic E-state index is -4.59. The number of nitrogens with one attached hydrogen (secondary N) is 1. The number of ether oxygens (including phenoxy) is 1. The molecule has 10 heteroatoms. The van der Waals surface area contributed by atoms with Gasteiger partial charge < -0.3 is 4.74 Å². The van der Waals surface area contributed by atoms with E-state index in [0.29, 0.717) is 24.2 Å². The molecule has 2 atom stereocenters. The third-order valence-electron chi connectivity index (χ3n) is 6.89. The zero-order valence-corrected chi connectivity index (χ0v) is 23.2. The van der Waals surface area contributed by atoms with Gasteiger partial charge in [0.1, 0.15) is 6.04 Å². The van der Waals surface area contributed by atoms with Crippen molar-refractivity contribution in [3.05, 3.63) is 131 Å². The highest BCUT2D eigenvalue weighted by Gasteiger charge is 2.38. The summed E-state index contributed by atoms with van der Waals surface area (Å²) in [6, 6.07) is 13.1. The molecule has 3 aromatic carbocycles. The summed E-state index contributed by atoms with van der Waals surface area (Å²) in [5.41, 5.74) is 0.462. The summed E-state index contributed by atoms with van der Waals surface area (Å²) >= 11 is 0. The van der Waals surface area contributed by atoms with Crippen molar-refractivity contribution in [3.8, 4) is 0 Å². The summed E-state index contributed by atoms with van der Waals surface area (Å²) < 4.78 is 85.1. The second kappa shape index (κ2) is 13.8. The lowest BCUT2D eigenvalue weighted by Crippen LogP contribution is -2.50. The molecule has 0 bridgehead atoms. The molecule has 3 rings (SSSR count). The summed E-state index contributed by atoms with van der Waals surface area (Å²) in [6.45, 7) is 10.2. The SMILES string of the molecule is C=CCN(CC=C)C(c1ccccc1C)[C@@H](NC(c1ccc(C(F)(F)F)cc1)c1ccc(C(F)(F)F)cc1)C(=O)OC. The Labute approximate surface area is 241 Å². The quantitative estimate of drug-likeness (QED) is 0.134. The molecule has 0 spiro atoms. The van der Waals surface area contributed by atoms with Gasteiger partial charge in [-0.05, 0) is 53.4 Å². The summed E-state index contributed by atoms with van der Waals surface area (Å²) in [4.78, 5) is 15.4. The first kappa shape index (κ1) is 32.6. The Kier molecular flexibility index (Phi) is 10.8. The largest absolute Gasteiger partial charge is 0.468 e. The molecule has 0 aliphatic rings. The first-order valence-corrected chi connectivity index (χ1v) is 13.0. The maximum absolute atomic E-state index is 13.5. The molecule has 0 amide bonds. The van der Waals surface area contributed by atoms with Crippen LogP contribution in [0.2, 0.25) is 0 Å². The Morgan fingerprint density at radius 3 is 1.67 bits per heavy atom. The highest BCUT2D eigenvalue weighted by atomic mass is 19.4. The van der Waals surface area contributed by atoms with Gasteiger partial charge in [0.15, 0.2) is 0 Å². The van der Waals surface area contributed by atoms with Gasteiger partial charge >= 0.3 is 18.3 Å². The van der Waals surface area contributed by atoms with Crippen LogP contribution in [-0.2, 0) is 21.9 Å². The fraction of sp³-hybridized carbons (Fsp3) is 0.281. The van der Waals surface area contributed by atoms with Crippen LogP contribution in [0.15, 0.2) is 98.1 Å². The van der Waals surface area contributed by atoms with Crippen LogP contribution in [0.1, 0.15) is 45.5 Å². The fourth-order valence-electron chi connectivity index (χ4n) is 4.85. The zero-order chi connectivity index (χ0) is 31.1. The minimum absolute atomic E-state index is 0.305. The number of methoxy groups -OCH3 is 1. The van der Waals surface area contributed by atoms with Gasteiger partial charge in [-0.2, -0.15) is 26.3 Å². The molecule has 0 heterocycles. The van der Waals surface area contributed by atoms with E-state index in [1.807, 2.05) is 36.1 Å². The maximum Gasteiger partial charge on any atom is 0.416 e. The molecule has 0 aromatic heterocycles. The number of rotatable bonds is 12. The van der Waals surface area contributed by atoms with Crippen LogP contribution in [-0.4, -0.2) is 37.1 Å². The number of hydrogen-bond acceptors (Lipinski definition) is 4. The molecule has 0 aliphatic carbocycles. The van der Waals surface area contributed by atoms with Crippen LogP contribution < -0.4 is 5.32 Å². The Morgan fingerprint density at radius 1 is 0.833 bits per heavy atom. The van der Waals surface area contributed by atoms with E-state index < -0.39 is 47.6 Å². The minimum Gasteiger partial charge on any atom is -0.468 e.